The van der Waals surface area contributed by atoms with Crippen LogP contribution in [0.3, 0.4) is 0 Å². The van der Waals surface area contributed by atoms with E-state index in [0.717, 1.165) is 35.9 Å². The topological polar surface area (TPSA) is 65.4 Å². The molecule has 0 saturated carbocycles. The first-order chi connectivity index (χ1) is 13.4. The normalized spacial score (nSPS) is 13.4. The van der Waals surface area contributed by atoms with Crippen LogP contribution in [-0.4, -0.2) is 37.4 Å². The maximum absolute atomic E-state index is 13.2. The summed E-state index contributed by atoms with van der Waals surface area (Å²) in [7, 11) is -3.70. The van der Waals surface area contributed by atoms with Crippen LogP contribution in [0.15, 0.2) is 58.0 Å². The van der Waals surface area contributed by atoms with Crippen LogP contribution in [0.25, 0.3) is 10.9 Å². The van der Waals surface area contributed by atoms with Gasteiger partial charge in [-0.05, 0) is 43.3 Å². The summed E-state index contributed by atoms with van der Waals surface area (Å²) in [6.45, 7) is 0.806. The van der Waals surface area contributed by atoms with E-state index in [0.29, 0.717) is 10.9 Å². The van der Waals surface area contributed by atoms with Crippen LogP contribution in [0.1, 0.15) is 17.3 Å². The van der Waals surface area contributed by atoms with Crippen LogP contribution in [-0.2, 0) is 9.84 Å². The van der Waals surface area contributed by atoms with Gasteiger partial charge < -0.3 is 4.74 Å². The predicted molar refractivity (Wildman–Crippen MR) is 105 cm³/mol. The molecule has 0 bridgehead atoms. The Morgan fingerprint density at radius 2 is 1.86 bits per heavy atom. The molecular weight excluding hydrogens is 475 g/mol. The molecule has 1 atom stereocenters. The molecule has 5 nitrogen and oxygen atoms in total. The zero-order valence-corrected chi connectivity index (χ0v) is 17.6. The van der Waals surface area contributed by atoms with Crippen molar-refractivity contribution in [3.8, 4) is 5.75 Å². The van der Waals surface area contributed by atoms with E-state index in [2.05, 4.69) is 15.9 Å². The minimum atomic E-state index is -4.65. The van der Waals surface area contributed by atoms with Gasteiger partial charge in [-0.1, -0.05) is 22.0 Å². The molecule has 0 amide bonds. The Hall–Kier alpha value is -2.33. The Kier molecular flexibility index (Phi) is 5.52. The Morgan fingerprint density at radius 3 is 2.48 bits per heavy atom. The van der Waals surface area contributed by atoms with Crippen molar-refractivity contribution in [3.63, 3.8) is 0 Å². The van der Waals surface area contributed by atoms with Gasteiger partial charge in [-0.15, -0.1) is 0 Å². The summed E-state index contributed by atoms with van der Waals surface area (Å²) in [5.41, 5.74) is 0.213. The number of hydrogen-bond acceptors (Lipinski definition) is 4. The number of ether oxygens (including phenoxy) is 1. The average Bonchev–Trinajstić information content (AvgIpc) is 3.05. The van der Waals surface area contributed by atoms with Gasteiger partial charge in [0.05, 0.1) is 16.0 Å². The van der Waals surface area contributed by atoms with E-state index in [-0.39, 0.29) is 16.2 Å². The van der Waals surface area contributed by atoms with Crippen molar-refractivity contribution in [2.75, 3.05) is 6.26 Å². The molecule has 0 aliphatic carbocycles. The van der Waals surface area contributed by atoms with Crippen LogP contribution in [0.4, 0.5) is 13.2 Å². The lowest BCUT2D eigenvalue weighted by Gasteiger charge is -2.20. The number of aromatic nitrogens is 1. The number of alkyl halides is 3. The molecule has 29 heavy (non-hydrogen) atoms. The molecule has 0 fully saturated rings. The Balaban J connectivity index is 2.16. The summed E-state index contributed by atoms with van der Waals surface area (Å²) in [5.74, 6) is -1.07. The van der Waals surface area contributed by atoms with E-state index >= 15 is 0 Å². The fraction of sp³-hybridized carbons (Fsp3) is 0.211. The minimum absolute atomic E-state index is 0.203. The van der Waals surface area contributed by atoms with Crippen molar-refractivity contribution in [1.29, 1.82) is 0 Å². The molecule has 3 rings (SSSR count). The van der Waals surface area contributed by atoms with Gasteiger partial charge in [0.1, 0.15) is 5.75 Å². The molecule has 1 heterocycles. The van der Waals surface area contributed by atoms with Crippen molar-refractivity contribution in [2.24, 2.45) is 0 Å². The second-order valence-electron chi connectivity index (χ2n) is 6.40. The Morgan fingerprint density at radius 1 is 1.17 bits per heavy atom. The fourth-order valence-electron chi connectivity index (χ4n) is 2.70. The lowest BCUT2D eigenvalue weighted by atomic mass is 10.1. The molecular formula is C19H15BrF3NO4S. The minimum Gasteiger partial charge on any atom is -0.480 e. The Labute approximate surface area is 173 Å². The van der Waals surface area contributed by atoms with E-state index in [1.54, 1.807) is 24.3 Å². The number of sulfone groups is 1. The summed E-state index contributed by atoms with van der Waals surface area (Å²) in [6.07, 6.45) is -4.44. The van der Waals surface area contributed by atoms with Gasteiger partial charge in [-0.2, -0.15) is 13.2 Å². The monoisotopic (exact) mass is 489 g/mol. The molecule has 0 N–H and O–H groups in total. The third kappa shape index (κ3) is 4.32. The van der Waals surface area contributed by atoms with Crippen LogP contribution in [0.2, 0.25) is 0 Å². The highest BCUT2D eigenvalue weighted by Crippen LogP contribution is 2.31. The quantitative estimate of drug-likeness (QED) is 0.526. The highest BCUT2D eigenvalue weighted by atomic mass is 79.9. The first kappa shape index (κ1) is 21.4. The first-order valence-electron chi connectivity index (χ1n) is 8.27. The smallest absolute Gasteiger partial charge is 0.425 e. The summed E-state index contributed by atoms with van der Waals surface area (Å²) < 4.78 is 69.6. The second kappa shape index (κ2) is 7.49. The van der Waals surface area contributed by atoms with Crippen molar-refractivity contribution in [2.45, 2.75) is 24.1 Å². The summed E-state index contributed by atoms with van der Waals surface area (Å²) in [4.78, 5) is 13.0. The summed E-state index contributed by atoms with van der Waals surface area (Å²) in [5, 5.41) is 0.714. The van der Waals surface area contributed by atoms with Gasteiger partial charge in [0, 0.05) is 22.3 Å². The van der Waals surface area contributed by atoms with Crippen LogP contribution in [0.5, 0.6) is 5.75 Å². The van der Waals surface area contributed by atoms with E-state index < -0.39 is 28.0 Å². The van der Waals surface area contributed by atoms with Crippen molar-refractivity contribution >= 4 is 42.6 Å². The number of carbonyl (C=O) groups is 1. The van der Waals surface area contributed by atoms with Gasteiger partial charge in [0.15, 0.2) is 15.9 Å². The number of benzene rings is 2. The molecule has 10 heteroatoms. The highest BCUT2D eigenvalue weighted by molar-refractivity contribution is 9.10. The average molecular weight is 490 g/mol. The highest BCUT2D eigenvalue weighted by Gasteiger charge is 2.38. The van der Waals surface area contributed by atoms with Crippen molar-refractivity contribution < 1.29 is 31.1 Å². The van der Waals surface area contributed by atoms with Gasteiger partial charge in [0.25, 0.3) is 5.91 Å². The van der Waals surface area contributed by atoms with Crippen LogP contribution >= 0.6 is 15.9 Å². The largest absolute Gasteiger partial charge is 0.480 e. The van der Waals surface area contributed by atoms with Crippen molar-refractivity contribution in [1.82, 2.24) is 4.57 Å². The fourth-order valence-corrected chi connectivity index (χ4v) is 3.84. The lowest BCUT2D eigenvalue weighted by Crippen LogP contribution is -2.32. The number of halogens is 4. The van der Waals surface area contributed by atoms with Gasteiger partial charge in [-0.25, -0.2) is 8.42 Å². The van der Waals surface area contributed by atoms with Gasteiger partial charge >= 0.3 is 6.18 Å². The molecule has 3 aromatic rings. The number of hydrogen-bond donors (Lipinski definition) is 0. The second-order valence-corrected chi connectivity index (χ2v) is 9.27. The first-order valence-corrected chi connectivity index (χ1v) is 11.0. The van der Waals surface area contributed by atoms with E-state index in [9.17, 15) is 26.4 Å². The molecule has 0 spiro atoms. The zero-order chi connectivity index (χ0) is 21.6. The van der Waals surface area contributed by atoms with Crippen LogP contribution < -0.4 is 4.74 Å². The molecule has 1 aromatic heterocycles. The molecule has 2 aromatic carbocycles. The van der Waals surface area contributed by atoms with E-state index in [4.69, 9.17) is 4.74 Å². The number of carbonyl (C=O) groups excluding carboxylic acids is 1. The maximum Gasteiger partial charge on any atom is 0.425 e. The SMILES string of the molecule is CC(Oc1ccc(S(C)(=O)=O)cc1C(=O)n1ccc2c(Br)cccc21)C(F)(F)F. The van der Waals surface area contributed by atoms with Crippen molar-refractivity contribution in [3.05, 3.63) is 58.7 Å². The third-order valence-corrected chi connectivity index (χ3v) is 6.07. The number of nitrogens with zero attached hydrogens (tertiary/aromatic N) is 1. The molecule has 0 aliphatic rings. The lowest BCUT2D eigenvalue weighted by molar-refractivity contribution is -0.189. The van der Waals surface area contributed by atoms with E-state index in [1.807, 2.05) is 0 Å². The Bertz CT molecular complexity index is 1200. The maximum atomic E-state index is 13.2. The molecule has 1 unspecified atom stereocenters. The van der Waals surface area contributed by atoms with Gasteiger partial charge in [0.2, 0.25) is 0 Å². The van der Waals surface area contributed by atoms with E-state index in [1.165, 1.54) is 10.8 Å². The predicted octanol–water partition coefficient (Wildman–Crippen LogP) is 4.83. The zero-order valence-electron chi connectivity index (χ0n) is 15.2. The molecule has 154 valence electrons. The molecule has 0 aliphatic heterocycles. The summed E-state index contributed by atoms with van der Waals surface area (Å²) in [6, 6.07) is 10.0. The number of fused-ring (bicyclic) bond motifs is 1. The number of rotatable bonds is 4. The molecule has 0 radical (unpaired) electrons. The summed E-state index contributed by atoms with van der Waals surface area (Å²) >= 11 is 3.37. The van der Waals surface area contributed by atoms with Crippen LogP contribution in [0, 0.1) is 0 Å². The van der Waals surface area contributed by atoms with Gasteiger partial charge in [-0.3, -0.25) is 9.36 Å². The standard InChI is InChI=1S/C19H15BrF3NO4S/c1-11(19(21,22)23)28-17-7-6-12(29(2,26)27)10-14(17)18(25)24-9-8-13-15(20)4-3-5-16(13)24/h3-11H,1-2H3. The molecule has 0 saturated heterocycles. The third-order valence-electron chi connectivity index (χ3n) is 4.27.